The van der Waals surface area contributed by atoms with E-state index in [9.17, 15) is 23.3 Å². The monoisotopic (exact) mass is 318 g/mol. The minimum atomic E-state index is -4.18. The fraction of sp³-hybridized carbons (Fsp3) is 0.300. The Morgan fingerprint density at radius 2 is 2.00 bits per heavy atom. The molecule has 0 amide bonds. The summed E-state index contributed by atoms with van der Waals surface area (Å²) < 4.78 is 38.5. The summed E-state index contributed by atoms with van der Waals surface area (Å²) >= 11 is 0. The third kappa shape index (κ3) is 3.26. The van der Waals surface area contributed by atoms with Crippen LogP contribution in [0.4, 0.5) is 10.5 Å². The van der Waals surface area contributed by atoms with Gasteiger partial charge in [0, 0.05) is 13.1 Å². The second-order valence-electron chi connectivity index (χ2n) is 3.85. The lowest BCUT2D eigenvalue weighted by Gasteiger charge is -2.15. The van der Waals surface area contributed by atoms with Crippen molar-refractivity contribution in [1.29, 1.82) is 0 Å². The number of rotatable bonds is 5. The first-order valence-corrected chi connectivity index (χ1v) is 6.97. The van der Waals surface area contributed by atoms with Crippen LogP contribution in [0, 0.1) is 10.1 Å². The average molecular weight is 318 g/mol. The highest BCUT2D eigenvalue weighted by Crippen LogP contribution is 2.36. The van der Waals surface area contributed by atoms with Gasteiger partial charge < -0.3 is 9.47 Å². The third-order valence-corrected chi connectivity index (χ3v) is 3.54. The number of nitrogens with zero attached hydrogens (tertiary/aromatic N) is 1. The number of ether oxygens (including phenoxy) is 2. The minimum Gasteiger partial charge on any atom is -0.419 e. The van der Waals surface area contributed by atoms with Crippen molar-refractivity contribution in [3.05, 3.63) is 39.9 Å². The summed E-state index contributed by atoms with van der Waals surface area (Å²) in [6.45, 7) is 0. The Morgan fingerprint density at radius 3 is 2.62 bits per heavy atom. The topological polar surface area (TPSA) is 134 Å². The first kappa shape index (κ1) is 15.2. The standard InChI is InChI=1S/C10H10N2O8S/c1-11-21(16,17)20-9-8(18-10(13)19-9)6-4-2-3-5-7(6)12(14)15/h2-5,8-9,11H,1H3/t8-,9-/m0/s1. The number of benzene rings is 1. The Labute approximate surface area is 119 Å². The molecule has 114 valence electrons. The molecule has 0 spiro atoms. The van der Waals surface area contributed by atoms with Crippen LogP contribution in [-0.4, -0.2) is 32.8 Å². The molecule has 0 saturated carbocycles. The summed E-state index contributed by atoms with van der Waals surface area (Å²) in [6, 6.07) is 5.38. The van der Waals surface area contributed by atoms with E-state index in [1.807, 2.05) is 4.72 Å². The van der Waals surface area contributed by atoms with E-state index in [2.05, 4.69) is 8.92 Å². The van der Waals surface area contributed by atoms with Gasteiger partial charge in [-0.2, -0.15) is 13.1 Å². The molecule has 2 atom stereocenters. The van der Waals surface area contributed by atoms with Gasteiger partial charge in [0.1, 0.15) is 0 Å². The Kier molecular flexibility index (Phi) is 4.06. The maximum atomic E-state index is 11.3. The largest absolute Gasteiger partial charge is 0.511 e. The van der Waals surface area contributed by atoms with Gasteiger partial charge >= 0.3 is 16.5 Å². The van der Waals surface area contributed by atoms with E-state index in [-0.39, 0.29) is 11.3 Å². The number of carbonyl (C=O) groups excluding carboxylic acids is 1. The van der Waals surface area contributed by atoms with E-state index >= 15 is 0 Å². The predicted octanol–water partition coefficient (Wildman–Crippen LogP) is 0.610. The molecule has 1 aliphatic heterocycles. The number of nitro benzene ring substituents is 1. The first-order chi connectivity index (χ1) is 9.84. The van der Waals surface area contributed by atoms with Crippen molar-refractivity contribution in [3.8, 4) is 0 Å². The van der Waals surface area contributed by atoms with Crippen LogP contribution in [0.2, 0.25) is 0 Å². The lowest BCUT2D eigenvalue weighted by Crippen LogP contribution is -2.30. The van der Waals surface area contributed by atoms with Crippen LogP contribution in [-0.2, 0) is 24.0 Å². The molecule has 1 N–H and O–H groups in total. The molecule has 1 aromatic rings. The van der Waals surface area contributed by atoms with Crippen molar-refractivity contribution in [1.82, 2.24) is 4.72 Å². The molecule has 1 saturated heterocycles. The molecule has 0 unspecified atom stereocenters. The number of carbonyl (C=O) groups is 1. The van der Waals surface area contributed by atoms with Crippen LogP contribution >= 0.6 is 0 Å². The van der Waals surface area contributed by atoms with Crippen molar-refractivity contribution in [3.63, 3.8) is 0 Å². The molecular weight excluding hydrogens is 308 g/mol. The first-order valence-electron chi connectivity index (χ1n) is 5.56. The zero-order chi connectivity index (χ0) is 15.6. The van der Waals surface area contributed by atoms with Gasteiger partial charge in [0.25, 0.3) is 12.0 Å². The van der Waals surface area contributed by atoms with Gasteiger partial charge in [-0.25, -0.2) is 8.98 Å². The van der Waals surface area contributed by atoms with Crippen LogP contribution < -0.4 is 4.72 Å². The third-order valence-electron chi connectivity index (χ3n) is 2.59. The minimum absolute atomic E-state index is 0.0374. The van der Waals surface area contributed by atoms with Gasteiger partial charge in [0.05, 0.1) is 10.5 Å². The predicted molar refractivity (Wildman–Crippen MR) is 66.3 cm³/mol. The van der Waals surface area contributed by atoms with Gasteiger partial charge in [-0.3, -0.25) is 10.1 Å². The van der Waals surface area contributed by atoms with E-state index in [1.54, 1.807) is 0 Å². The van der Waals surface area contributed by atoms with E-state index in [4.69, 9.17) is 4.74 Å². The molecule has 10 nitrogen and oxygen atoms in total. The van der Waals surface area contributed by atoms with Crippen molar-refractivity contribution in [2.24, 2.45) is 0 Å². The van der Waals surface area contributed by atoms with Crippen molar-refractivity contribution < 1.29 is 31.8 Å². The van der Waals surface area contributed by atoms with Crippen LogP contribution in [0.5, 0.6) is 0 Å². The summed E-state index contributed by atoms with van der Waals surface area (Å²) in [5.74, 6) is 0. The SMILES string of the molecule is CNS(=O)(=O)O[C@@H]1OC(=O)O[C@H]1c1ccccc1[N+](=O)[O-]. The summed E-state index contributed by atoms with van der Waals surface area (Å²) in [7, 11) is -3.09. The Morgan fingerprint density at radius 1 is 1.33 bits per heavy atom. The molecule has 0 aliphatic carbocycles. The molecule has 1 aromatic carbocycles. The van der Waals surface area contributed by atoms with Gasteiger partial charge in [-0.15, -0.1) is 0 Å². The highest BCUT2D eigenvalue weighted by atomic mass is 32.2. The van der Waals surface area contributed by atoms with E-state index < -0.39 is 33.8 Å². The fourth-order valence-corrected chi connectivity index (χ4v) is 2.18. The normalized spacial score (nSPS) is 21.7. The van der Waals surface area contributed by atoms with Gasteiger partial charge in [-0.05, 0) is 6.07 Å². The van der Waals surface area contributed by atoms with Crippen LogP contribution in [0.15, 0.2) is 24.3 Å². The van der Waals surface area contributed by atoms with Gasteiger partial charge in [0.15, 0.2) is 0 Å². The quantitative estimate of drug-likeness (QED) is 0.474. The molecular formula is C10H10N2O8S. The molecule has 11 heteroatoms. The molecule has 1 aliphatic rings. The van der Waals surface area contributed by atoms with Gasteiger partial charge in [-0.1, -0.05) is 12.1 Å². The highest BCUT2D eigenvalue weighted by Gasteiger charge is 2.44. The van der Waals surface area contributed by atoms with Gasteiger partial charge in [0.2, 0.25) is 6.10 Å². The number of hydrogen-bond acceptors (Lipinski definition) is 8. The number of para-hydroxylation sites is 1. The summed E-state index contributed by atoms with van der Waals surface area (Å²) in [4.78, 5) is 21.5. The molecule has 0 radical (unpaired) electrons. The molecule has 1 heterocycles. The second-order valence-corrected chi connectivity index (χ2v) is 5.35. The smallest absolute Gasteiger partial charge is 0.419 e. The molecule has 1 fully saturated rings. The number of nitro groups is 1. The zero-order valence-corrected chi connectivity index (χ0v) is 11.4. The molecule has 2 rings (SSSR count). The zero-order valence-electron chi connectivity index (χ0n) is 10.6. The Hall–Kier alpha value is -2.24. The molecule has 0 aromatic heterocycles. The van der Waals surface area contributed by atoms with Crippen LogP contribution in [0.1, 0.15) is 11.7 Å². The number of cyclic esters (lactones) is 2. The Balaban J connectivity index is 2.37. The van der Waals surface area contributed by atoms with E-state index in [1.165, 1.54) is 24.3 Å². The maximum absolute atomic E-state index is 11.3. The van der Waals surface area contributed by atoms with Crippen molar-refractivity contribution >= 4 is 22.1 Å². The number of hydrogen-bond donors (Lipinski definition) is 1. The summed E-state index contributed by atoms with van der Waals surface area (Å²) in [6.07, 6.45) is -4.22. The highest BCUT2D eigenvalue weighted by molar-refractivity contribution is 7.84. The maximum Gasteiger partial charge on any atom is 0.511 e. The van der Waals surface area contributed by atoms with Crippen molar-refractivity contribution in [2.75, 3.05) is 7.05 Å². The second kappa shape index (κ2) is 5.63. The van der Waals surface area contributed by atoms with Crippen LogP contribution in [0.25, 0.3) is 0 Å². The molecule has 0 bridgehead atoms. The van der Waals surface area contributed by atoms with E-state index in [0.717, 1.165) is 7.05 Å². The lowest BCUT2D eigenvalue weighted by molar-refractivity contribution is -0.386. The van der Waals surface area contributed by atoms with E-state index in [0.29, 0.717) is 0 Å². The molecule has 21 heavy (non-hydrogen) atoms. The lowest BCUT2D eigenvalue weighted by atomic mass is 10.1. The summed E-state index contributed by atoms with van der Waals surface area (Å²) in [5, 5.41) is 11.0. The Bertz CT molecular complexity index is 673. The average Bonchev–Trinajstić information content (AvgIpc) is 2.78. The fourth-order valence-electron chi connectivity index (χ4n) is 1.69. The number of nitrogens with one attached hydrogen (secondary N) is 1. The van der Waals surface area contributed by atoms with Crippen molar-refractivity contribution in [2.45, 2.75) is 12.4 Å². The summed E-state index contributed by atoms with van der Waals surface area (Å²) in [5.41, 5.74) is -0.388. The van der Waals surface area contributed by atoms with Crippen LogP contribution in [0.3, 0.4) is 0 Å².